The van der Waals surface area contributed by atoms with Gasteiger partial charge in [-0.05, 0) is 42.2 Å². The summed E-state index contributed by atoms with van der Waals surface area (Å²) in [5, 5.41) is 1.10. The van der Waals surface area contributed by atoms with E-state index in [4.69, 9.17) is 9.47 Å². The summed E-state index contributed by atoms with van der Waals surface area (Å²) >= 11 is 0. The molecule has 2 aromatic carbocycles. The third-order valence-corrected chi connectivity index (χ3v) is 4.63. The van der Waals surface area contributed by atoms with Crippen LogP contribution in [0.1, 0.15) is 30.9 Å². The number of hydrogen-bond acceptors (Lipinski definition) is 3. The molecule has 1 N–H and O–H groups in total. The molecule has 1 aromatic heterocycles. The van der Waals surface area contributed by atoms with Crippen LogP contribution < -0.4 is 4.74 Å². The van der Waals surface area contributed by atoms with Crippen LogP contribution in [0.15, 0.2) is 54.7 Å². The first kappa shape index (κ1) is 18.1. The summed E-state index contributed by atoms with van der Waals surface area (Å²) in [6.07, 6.45) is 4.43. The predicted molar refractivity (Wildman–Crippen MR) is 103 cm³/mol. The highest BCUT2D eigenvalue weighted by atomic mass is 16.5. The van der Waals surface area contributed by atoms with E-state index in [1.807, 2.05) is 54.7 Å². The Morgan fingerprint density at radius 2 is 1.96 bits per heavy atom. The highest BCUT2D eigenvalue weighted by Gasteiger charge is 2.20. The van der Waals surface area contributed by atoms with Gasteiger partial charge in [0.15, 0.2) is 0 Å². The predicted octanol–water partition coefficient (Wildman–Crippen LogP) is 4.88. The molecule has 4 heteroatoms. The van der Waals surface area contributed by atoms with Crippen molar-refractivity contribution in [3.63, 3.8) is 0 Å². The normalized spacial score (nSPS) is 12.1. The van der Waals surface area contributed by atoms with E-state index in [1.54, 1.807) is 0 Å². The highest BCUT2D eigenvalue weighted by molar-refractivity contribution is 5.85. The van der Waals surface area contributed by atoms with Crippen molar-refractivity contribution in [2.24, 2.45) is 5.92 Å². The lowest BCUT2D eigenvalue weighted by Gasteiger charge is -2.13. The molecule has 136 valence electrons. The molecule has 0 aliphatic rings. The van der Waals surface area contributed by atoms with Gasteiger partial charge in [-0.3, -0.25) is 4.79 Å². The summed E-state index contributed by atoms with van der Waals surface area (Å²) in [7, 11) is 1.45. The fourth-order valence-corrected chi connectivity index (χ4v) is 3.24. The monoisotopic (exact) mass is 351 g/mol. The lowest BCUT2D eigenvalue weighted by Crippen LogP contribution is -2.18. The van der Waals surface area contributed by atoms with Gasteiger partial charge in [-0.15, -0.1) is 0 Å². The summed E-state index contributed by atoms with van der Waals surface area (Å²) in [4.78, 5) is 15.3. The molecule has 0 saturated heterocycles. The largest absolute Gasteiger partial charge is 0.489 e. The van der Waals surface area contributed by atoms with Gasteiger partial charge in [0.1, 0.15) is 12.4 Å². The number of carbonyl (C=O) groups is 1. The number of aromatic amines is 1. The van der Waals surface area contributed by atoms with Crippen LogP contribution in [0.2, 0.25) is 0 Å². The Hall–Kier alpha value is -2.75. The van der Waals surface area contributed by atoms with Crippen LogP contribution in [0.5, 0.6) is 5.75 Å². The fraction of sp³-hybridized carbons (Fsp3) is 0.318. The molecule has 0 saturated carbocycles. The second kappa shape index (κ2) is 8.56. The van der Waals surface area contributed by atoms with Crippen LogP contribution in [0.25, 0.3) is 10.9 Å². The van der Waals surface area contributed by atoms with Gasteiger partial charge in [0.2, 0.25) is 0 Å². The summed E-state index contributed by atoms with van der Waals surface area (Å²) in [6, 6.07) is 16.1. The van der Waals surface area contributed by atoms with Gasteiger partial charge < -0.3 is 14.5 Å². The van der Waals surface area contributed by atoms with Gasteiger partial charge in [0, 0.05) is 17.1 Å². The third-order valence-electron chi connectivity index (χ3n) is 4.63. The summed E-state index contributed by atoms with van der Waals surface area (Å²) in [5.41, 5.74) is 3.30. The molecule has 1 unspecified atom stereocenters. The minimum atomic E-state index is -0.141. The number of rotatable bonds is 8. The molecular formula is C22H25NO3. The van der Waals surface area contributed by atoms with Crippen LogP contribution in [-0.2, 0) is 22.6 Å². The highest BCUT2D eigenvalue weighted by Crippen LogP contribution is 2.27. The van der Waals surface area contributed by atoms with E-state index < -0.39 is 0 Å². The molecule has 0 amide bonds. The number of aromatic nitrogens is 1. The number of H-pyrrole nitrogens is 1. The van der Waals surface area contributed by atoms with E-state index >= 15 is 0 Å². The van der Waals surface area contributed by atoms with Crippen LogP contribution in [0, 0.1) is 5.92 Å². The van der Waals surface area contributed by atoms with Crippen molar-refractivity contribution in [2.45, 2.75) is 32.8 Å². The zero-order valence-electron chi connectivity index (χ0n) is 15.3. The molecule has 26 heavy (non-hydrogen) atoms. The maximum Gasteiger partial charge on any atom is 0.308 e. The minimum absolute atomic E-state index is 0.113. The zero-order valence-corrected chi connectivity index (χ0v) is 15.3. The number of fused-ring (bicyclic) bond motifs is 1. The maximum atomic E-state index is 12.0. The Labute approximate surface area is 154 Å². The lowest BCUT2D eigenvalue weighted by atomic mass is 9.95. The Balaban J connectivity index is 1.78. The number of benzene rings is 2. The minimum Gasteiger partial charge on any atom is -0.489 e. The van der Waals surface area contributed by atoms with Crippen molar-refractivity contribution in [3.05, 3.63) is 65.9 Å². The van der Waals surface area contributed by atoms with Crippen molar-refractivity contribution in [3.8, 4) is 5.75 Å². The van der Waals surface area contributed by atoms with Crippen LogP contribution in [0.4, 0.5) is 0 Å². The first-order valence-corrected chi connectivity index (χ1v) is 9.05. The number of hydrogen-bond donors (Lipinski definition) is 1. The third kappa shape index (κ3) is 4.26. The number of carbonyl (C=O) groups excluding carboxylic acids is 1. The van der Waals surface area contributed by atoms with Crippen molar-refractivity contribution in [1.82, 2.24) is 4.98 Å². The Morgan fingerprint density at radius 3 is 2.69 bits per heavy atom. The molecule has 1 heterocycles. The van der Waals surface area contributed by atoms with E-state index in [-0.39, 0.29) is 11.9 Å². The molecule has 0 spiro atoms. The second-order valence-corrected chi connectivity index (χ2v) is 6.51. The standard InChI is InChI=1S/C22H25NO3/c1-3-7-17(22(24)25-2)12-18-14-23-21-11-10-19(13-20(18)21)26-15-16-8-5-4-6-9-16/h4-6,8-11,13-14,17,23H,3,7,12,15H2,1-2H3. The van der Waals surface area contributed by atoms with E-state index in [2.05, 4.69) is 11.9 Å². The number of methoxy groups -OCH3 is 1. The van der Waals surface area contributed by atoms with E-state index in [0.29, 0.717) is 13.0 Å². The van der Waals surface area contributed by atoms with Gasteiger partial charge >= 0.3 is 5.97 Å². The zero-order chi connectivity index (χ0) is 18.4. The van der Waals surface area contributed by atoms with Gasteiger partial charge in [0.05, 0.1) is 13.0 Å². The summed E-state index contributed by atoms with van der Waals surface area (Å²) < 4.78 is 10.9. The Morgan fingerprint density at radius 1 is 1.15 bits per heavy atom. The van der Waals surface area contributed by atoms with Crippen LogP contribution in [-0.4, -0.2) is 18.1 Å². The molecule has 0 bridgehead atoms. The molecule has 0 fully saturated rings. The van der Waals surface area contributed by atoms with Crippen molar-refractivity contribution < 1.29 is 14.3 Å². The molecule has 4 nitrogen and oxygen atoms in total. The molecule has 0 radical (unpaired) electrons. The fourth-order valence-electron chi connectivity index (χ4n) is 3.24. The van der Waals surface area contributed by atoms with Gasteiger partial charge in [-0.1, -0.05) is 43.7 Å². The van der Waals surface area contributed by atoms with Gasteiger partial charge in [-0.25, -0.2) is 0 Å². The van der Waals surface area contributed by atoms with Gasteiger partial charge in [0.25, 0.3) is 0 Å². The van der Waals surface area contributed by atoms with Gasteiger partial charge in [-0.2, -0.15) is 0 Å². The summed E-state index contributed by atoms with van der Waals surface area (Å²) in [6.45, 7) is 2.62. The first-order valence-electron chi connectivity index (χ1n) is 9.05. The molecular weight excluding hydrogens is 326 g/mol. The smallest absolute Gasteiger partial charge is 0.308 e. The molecule has 1 atom stereocenters. The maximum absolute atomic E-state index is 12.0. The Kier molecular flexibility index (Phi) is 5.95. The molecule has 0 aliphatic carbocycles. The second-order valence-electron chi connectivity index (χ2n) is 6.51. The van der Waals surface area contributed by atoms with Crippen LogP contribution in [0.3, 0.4) is 0 Å². The molecule has 0 aliphatic heterocycles. The quantitative estimate of drug-likeness (QED) is 0.589. The topological polar surface area (TPSA) is 51.3 Å². The first-order chi connectivity index (χ1) is 12.7. The van der Waals surface area contributed by atoms with Crippen molar-refractivity contribution in [1.29, 1.82) is 0 Å². The van der Waals surface area contributed by atoms with E-state index in [9.17, 15) is 4.79 Å². The number of ether oxygens (including phenoxy) is 2. The average molecular weight is 351 g/mol. The van der Waals surface area contributed by atoms with Crippen molar-refractivity contribution >= 4 is 16.9 Å². The average Bonchev–Trinajstić information content (AvgIpc) is 3.08. The van der Waals surface area contributed by atoms with Crippen LogP contribution >= 0.6 is 0 Å². The number of nitrogens with one attached hydrogen (secondary N) is 1. The lowest BCUT2D eigenvalue weighted by molar-refractivity contribution is -0.145. The number of esters is 1. The molecule has 3 aromatic rings. The summed E-state index contributed by atoms with van der Waals surface area (Å²) in [5.74, 6) is 0.572. The van der Waals surface area contributed by atoms with E-state index in [0.717, 1.165) is 40.6 Å². The van der Waals surface area contributed by atoms with Crippen molar-refractivity contribution in [2.75, 3.05) is 7.11 Å². The molecule has 3 rings (SSSR count). The Bertz CT molecular complexity index is 854. The van der Waals surface area contributed by atoms with E-state index in [1.165, 1.54) is 7.11 Å². The SMILES string of the molecule is CCCC(Cc1c[nH]c2ccc(OCc3ccccc3)cc12)C(=O)OC.